The van der Waals surface area contributed by atoms with Crippen molar-refractivity contribution in [2.24, 2.45) is 0 Å². The molecule has 1 heterocycles. The van der Waals surface area contributed by atoms with Crippen molar-refractivity contribution in [3.63, 3.8) is 0 Å². The minimum atomic E-state index is -3.30. The maximum atomic E-state index is 12.5. The smallest absolute Gasteiger partial charge is 0.212 e. The highest BCUT2D eigenvalue weighted by molar-refractivity contribution is 7.89. The molecule has 2 atom stereocenters. The summed E-state index contributed by atoms with van der Waals surface area (Å²) >= 11 is 0. The fourth-order valence-electron chi connectivity index (χ4n) is 3.70. The van der Waals surface area contributed by atoms with E-state index in [1.165, 1.54) is 5.56 Å². The summed E-state index contributed by atoms with van der Waals surface area (Å²) in [5.41, 5.74) is 1.91. The summed E-state index contributed by atoms with van der Waals surface area (Å²) in [5.74, 6) is 0.148. The molecule has 122 valence electrons. The number of nitrogens with one attached hydrogen (secondary N) is 1. The quantitative estimate of drug-likeness (QED) is 0.906. The molecule has 0 amide bonds. The van der Waals surface area contributed by atoms with Gasteiger partial charge < -0.3 is 4.74 Å². The molecule has 3 rings (SSSR count). The van der Waals surface area contributed by atoms with E-state index in [2.05, 4.69) is 16.9 Å². The molecule has 0 spiro atoms. The van der Waals surface area contributed by atoms with Crippen LogP contribution in [0.5, 0.6) is 0 Å². The van der Waals surface area contributed by atoms with Crippen molar-refractivity contribution in [1.29, 1.82) is 0 Å². The maximum Gasteiger partial charge on any atom is 0.212 e. The van der Waals surface area contributed by atoms with Gasteiger partial charge in [0.05, 0.1) is 17.4 Å². The molecule has 22 heavy (non-hydrogen) atoms. The van der Waals surface area contributed by atoms with Crippen LogP contribution in [-0.2, 0) is 26.7 Å². The van der Waals surface area contributed by atoms with E-state index in [9.17, 15) is 8.42 Å². The van der Waals surface area contributed by atoms with Crippen LogP contribution >= 0.6 is 0 Å². The maximum absolute atomic E-state index is 12.5. The molecule has 1 aliphatic heterocycles. The van der Waals surface area contributed by atoms with Crippen LogP contribution in [0.1, 0.15) is 50.2 Å². The first-order chi connectivity index (χ1) is 10.5. The van der Waals surface area contributed by atoms with E-state index < -0.39 is 15.6 Å². The summed E-state index contributed by atoms with van der Waals surface area (Å²) in [6, 6.07) is 8.17. The predicted octanol–water partition coefficient (Wildman–Crippen LogP) is 2.73. The van der Waals surface area contributed by atoms with Gasteiger partial charge in [0.1, 0.15) is 0 Å². The zero-order chi connectivity index (χ0) is 15.6. The fourth-order valence-corrected chi connectivity index (χ4v) is 5.28. The lowest BCUT2D eigenvalue weighted by Crippen LogP contribution is -2.46. The Morgan fingerprint density at radius 2 is 2.14 bits per heavy atom. The van der Waals surface area contributed by atoms with Gasteiger partial charge in [-0.15, -0.1) is 0 Å². The van der Waals surface area contributed by atoms with Crippen LogP contribution in [-0.4, -0.2) is 26.9 Å². The molecule has 1 aromatic carbocycles. The van der Waals surface area contributed by atoms with E-state index in [0.717, 1.165) is 44.3 Å². The number of aryl methyl sites for hydroxylation is 1. The first kappa shape index (κ1) is 16.0. The van der Waals surface area contributed by atoms with Crippen LogP contribution in [0.15, 0.2) is 24.3 Å². The lowest BCUT2D eigenvalue weighted by Gasteiger charge is -2.36. The summed E-state index contributed by atoms with van der Waals surface area (Å²) in [5, 5.41) is 0. The SMILES string of the molecule is CC1(NS(=O)(=O)CCC2CCCO2)CCCc2ccccc21. The van der Waals surface area contributed by atoms with Crippen molar-refractivity contribution < 1.29 is 13.2 Å². The molecule has 2 unspecified atom stereocenters. The first-order valence-electron chi connectivity index (χ1n) is 8.20. The molecule has 4 nitrogen and oxygen atoms in total. The van der Waals surface area contributed by atoms with E-state index in [4.69, 9.17) is 4.74 Å². The highest BCUT2D eigenvalue weighted by Gasteiger charge is 2.35. The number of ether oxygens (including phenoxy) is 1. The molecule has 0 aromatic heterocycles. The number of rotatable bonds is 5. The van der Waals surface area contributed by atoms with E-state index in [1.54, 1.807) is 0 Å². The van der Waals surface area contributed by atoms with Crippen LogP contribution in [0, 0.1) is 0 Å². The van der Waals surface area contributed by atoms with Gasteiger partial charge in [-0.3, -0.25) is 0 Å². The number of fused-ring (bicyclic) bond motifs is 1. The lowest BCUT2D eigenvalue weighted by molar-refractivity contribution is 0.108. The van der Waals surface area contributed by atoms with Gasteiger partial charge in [0.25, 0.3) is 0 Å². The average molecular weight is 323 g/mol. The number of benzene rings is 1. The summed E-state index contributed by atoms with van der Waals surface area (Å²) in [6.45, 7) is 2.78. The topological polar surface area (TPSA) is 55.4 Å². The number of sulfonamides is 1. The molecule has 0 bridgehead atoms. The summed E-state index contributed by atoms with van der Waals surface area (Å²) in [7, 11) is -3.30. The Morgan fingerprint density at radius 1 is 1.32 bits per heavy atom. The third-order valence-electron chi connectivity index (χ3n) is 4.85. The molecule has 1 aliphatic carbocycles. The van der Waals surface area contributed by atoms with Gasteiger partial charge in [-0.2, -0.15) is 0 Å². The molecule has 5 heteroatoms. The Kier molecular flexibility index (Phi) is 4.57. The van der Waals surface area contributed by atoms with Gasteiger partial charge >= 0.3 is 0 Å². The molecule has 0 saturated carbocycles. The zero-order valence-corrected chi connectivity index (χ0v) is 14.0. The standard InChI is InChI=1S/C17H25NO3S/c1-17(11-4-7-14-6-2-3-9-16(14)17)18-22(19,20)13-10-15-8-5-12-21-15/h2-3,6,9,15,18H,4-5,7-8,10-13H2,1H3. The van der Waals surface area contributed by atoms with Crippen molar-refractivity contribution in [2.75, 3.05) is 12.4 Å². The van der Waals surface area contributed by atoms with Crippen molar-refractivity contribution in [1.82, 2.24) is 4.72 Å². The highest BCUT2D eigenvalue weighted by Crippen LogP contribution is 2.35. The molecule has 1 N–H and O–H groups in total. The van der Waals surface area contributed by atoms with Gasteiger partial charge in [0.2, 0.25) is 10.0 Å². The van der Waals surface area contributed by atoms with Crippen LogP contribution in [0.25, 0.3) is 0 Å². The van der Waals surface area contributed by atoms with Crippen molar-refractivity contribution >= 4 is 10.0 Å². The van der Waals surface area contributed by atoms with E-state index >= 15 is 0 Å². The van der Waals surface area contributed by atoms with Crippen molar-refractivity contribution in [3.05, 3.63) is 35.4 Å². The summed E-state index contributed by atoms with van der Waals surface area (Å²) < 4.78 is 33.5. The van der Waals surface area contributed by atoms with Gasteiger partial charge in [-0.1, -0.05) is 24.3 Å². The number of hydrogen-bond donors (Lipinski definition) is 1. The highest BCUT2D eigenvalue weighted by atomic mass is 32.2. The molecule has 1 fully saturated rings. The van der Waals surface area contributed by atoms with Gasteiger partial charge in [0.15, 0.2) is 0 Å². The summed E-state index contributed by atoms with van der Waals surface area (Å²) in [4.78, 5) is 0. The Hall–Kier alpha value is -0.910. The van der Waals surface area contributed by atoms with E-state index in [-0.39, 0.29) is 11.9 Å². The summed E-state index contributed by atoms with van der Waals surface area (Å²) in [6.07, 6.45) is 5.63. The Bertz CT molecular complexity index is 623. The third-order valence-corrected chi connectivity index (χ3v) is 6.38. The minimum Gasteiger partial charge on any atom is -0.378 e. The van der Waals surface area contributed by atoms with Gasteiger partial charge in [-0.25, -0.2) is 13.1 Å². The largest absolute Gasteiger partial charge is 0.378 e. The molecule has 1 aromatic rings. The first-order valence-corrected chi connectivity index (χ1v) is 9.85. The van der Waals surface area contributed by atoms with Gasteiger partial charge in [0, 0.05) is 6.61 Å². The molecular formula is C17H25NO3S. The van der Waals surface area contributed by atoms with E-state index in [0.29, 0.717) is 6.42 Å². The van der Waals surface area contributed by atoms with Crippen LogP contribution in [0.3, 0.4) is 0 Å². The lowest BCUT2D eigenvalue weighted by atomic mass is 9.79. The molecule has 1 saturated heterocycles. The molecule has 0 radical (unpaired) electrons. The average Bonchev–Trinajstić information content (AvgIpc) is 2.98. The Labute approximate surface area is 133 Å². The second-order valence-corrected chi connectivity index (χ2v) is 8.53. The normalized spacial score (nSPS) is 28.5. The molecule has 2 aliphatic rings. The van der Waals surface area contributed by atoms with Gasteiger partial charge in [-0.05, 0) is 56.6 Å². The Balaban J connectivity index is 1.71. The van der Waals surface area contributed by atoms with Crippen LogP contribution in [0.2, 0.25) is 0 Å². The van der Waals surface area contributed by atoms with Crippen LogP contribution in [0.4, 0.5) is 0 Å². The molecular weight excluding hydrogens is 298 g/mol. The van der Waals surface area contributed by atoms with Crippen molar-refractivity contribution in [3.8, 4) is 0 Å². The Morgan fingerprint density at radius 3 is 2.91 bits per heavy atom. The van der Waals surface area contributed by atoms with Crippen molar-refractivity contribution in [2.45, 2.75) is 57.1 Å². The van der Waals surface area contributed by atoms with Crippen LogP contribution < -0.4 is 4.72 Å². The monoisotopic (exact) mass is 323 g/mol. The second-order valence-electron chi connectivity index (χ2n) is 6.69. The predicted molar refractivity (Wildman–Crippen MR) is 87.2 cm³/mol. The minimum absolute atomic E-state index is 0.114. The fraction of sp³-hybridized carbons (Fsp3) is 0.647. The second kappa shape index (κ2) is 6.30. The number of hydrogen-bond acceptors (Lipinski definition) is 3. The van der Waals surface area contributed by atoms with E-state index in [1.807, 2.05) is 19.1 Å². The zero-order valence-electron chi connectivity index (χ0n) is 13.2. The third kappa shape index (κ3) is 3.53.